The Morgan fingerprint density at radius 2 is 1.59 bits per heavy atom. The van der Waals surface area contributed by atoms with Crippen LogP contribution in [0.3, 0.4) is 0 Å². The molecule has 3 rings (SSSR count). The predicted octanol–water partition coefficient (Wildman–Crippen LogP) is 5.50. The molecule has 164 valence electrons. The quantitative estimate of drug-likeness (QED) is 0.258. The Balaban J connectivity index is 2.04. The Kier molecular flexibility index (Phi) is 7.08. The van der Waals surface area contributed by atoms with Crippen LogP contribution in [0.1, 0.15) is 16.7 Å². The van der Waals surface area contributed by atoms with Crippen LogP contribution in [0.5, 0.6) is 17.2 Å². The van der Waals surface area contributed by atoms with Gasteiger partial charge in [-0.1, -0.05) is 29.3 Å². The fourth-order valence-electron chi connectivity index (χ4n) is 2.92. The van der Waals surface area contributed by atoms with E-state index in [9.17, 15) is 13.7 Å². The van der Waals surface area contributed by atoms with Crippen molar-refractivity contribution in [3.05, 3.63) is 82.4 Å². The standard InChI is InChI=1S/C24H20ClNO5S/c1-16-4-8-21(9-5-16)32(27,28)31-22-11-7-20(25)13-18(22)12-19(15-26)17-6-10-23(29-2)24(14-17)30-3/h4-14H,1-3H3/b19-12+. The molecule has 0 atom stereocenters. The predicted molar refractivity (Wildman–Crippen MR) is 123 cm³/mol. The second-order valence-electron chi connectivity index (χ2n) is 6.77. The van der Waals surface area contributed by atoms with E-state index in [0.717, 1.165) is 5.56 Å². The molecule has 0 radical (unpaired) electrons. The Morgan fingerprint density at radius 3 is 2.22 bits per heavy atom. The molecule has 3 aromatic carbocycles. The highest BCUT2D eigenvalue weighted by molar-refractivity contribution is 7.87. The number of nitriles is 1. The van der Waals surface area contributed by atoms with Crippen LogP contribution < -0.4 is 13.7 Å². The van der Waals surface area contributed by atoms with Gasteiger partial charge in [0.2, 0.25) is 0 Å². The number of benzene rings is 3. The Morgan fingerprint density at radius 1 is 0.938 bits per heavy atom. The third kappa shape index (κ3) is 5.22. The second kappa shape index (κ2) is 9.77. The third-order valence-electron chi connectivity index (χ3n) is 4.60. The highest BCUT2D eigenvalue weighted by Gasteiger charge is 2.19. The molecule has 0 aliphatic rings. The molecule has 6 nitrogen and oxygen atoms in total. The van der Waals surface area contributed by atoms with Crippen molar-refractivity contribution in [2.24, 2.45) is 0 Å². The third-order valence-corrected chi connectivity index (χ3v) is 6.08. The van der Waals surface area contributed by atoms with Crippen LogP contribution in [-0.4, -0.2) is 22.6 Å². The van der Waals surface area contributed by atoms with E-state index in [0.29, 0.717) is 27.6 Å². The zero-order chi connectivity index (χ0) is 23.3. The fraction of sp³-hybridized carbons (Fsp3) is 0.125. The summed E-state index contributed by atoms with van der Waals surface area (Å²) in [5, 5.41) is 10.1. The summed E-state index contributed by atoms with van der Waals surface area (Å²) in [5.74, 6) is 1.02. The average molecular weight is 470 g/mol. The molecule has 0 aliphatic carbocycles. The van der Waals surface area contributed by atoms with Gasteiger partial charge in [0.25, 0.3) is 0 Å². The van der Waals surface area contributed by atoms with Gasteiger partial charge in [-0.2, -0.15) is 13.7 Å². The topological polar surface area (TPSA) is 85.6 Å². The zero-order valence-corrected chi connectivity index (χ0v) is 19.2. The van der Waals surface area contributed by atoms with E-state index in [4.69, 9.17) is 25.3 Å². The van der Waals surface area contributed by atoms with Gasteiger partial charge in [0.05, 0.1) is 25.9 Å². The summed E-state index contributed by atoms with van der Waals surface area (Å²) in [6.07, 6.45) is 1.51. The minimum Gasteiger partial charge on any atom is -0.493 e. The van der Waals surface area contributed by atoms with Crippen molar-refractivity contribution in [3.63, 3.8) is 0 Å². The molecule has 0 saturated heterocycles. The van der Waals surface area contributed by atoms with Gasteiger partial charge in [0.15, 0.2) is 11.5 Å². The van der Waals surface area contributed by atoms with Gasteiger partial charge in [-0.3, -0.25) is 0 Å². The summed E-state index contributed by atoms with van der Waals surface area (Å²) in [6.45, 7) is 1.86. The van der Waals surface area contributed by atoms with Crippen LogP contribution >= 0.6 is 11.6 Å². The van der Waals surface area contributed by atoms with Crippen LogP contribution in [0.15, 0.2) is 65.6 Å². The van der Waals surface area contributed by atoms with Crippen LogP contribution in [-0.2, 0) is 10.1 Å². The van der Waals surface area contributed by atoms with Crippen molar-refractivity contribution in [1.29, 1.82) is 5.26 Å². The van der Waals surface area contributed by atoms with Crippen molar-refractivity contribution in [2.75, 3.05) is 14.2 Å². The largest absolute Gasteiger partial charge is 0.493 e. The van der Waals surface area contributed by atoms with Crippen molar-refractivity contribution in [3.8, 4) is 23.3 Å². The van der Waals surface area contributed by atoms with E-state index >= 15 is 0 Å². The lowest BCUT2D eigenvalue weighted by atomic mass is 10.0. The lowest BCUT2D eigenvalue weighted by Gasteiger charge is -2.12. The number of hydrogen-bond acceptors (Lipinski definition) is 6. The molecular weight excluding hydrogens is 450 g/mol. The van der Waals surface area contributed by atoms with Gasteiger partial charge in [0.1, 0.15) is 10.6 Å². The summed E-state index contributed by atoms with van der Waals surface area (Å²) in [5.41, 5.74) is 2.07. The first-order valence-corrected chi connectivity index (χ1v) is 11.2. The number of ether oxygens (including phenoxy) is 2. The van der Waals surface area contributed by atoms with Crippen molar-refractivity contribution < 1.29 is 22.1 Å². The van der Waals surface area contributed by atoms with Crippen molar-refractivity contribution >= 4 is 33.4 Å². The number of allylic oxidation sites excluding steroid dienone is 1. The Labute approximate surface area is 192 Å². The molecule has 0 fully saturated rings. The lowest BCUT2D eigenvalue weighted by molar-refractivity contribution is 0.355. The molecule has 32 heavy (non-hydrogen) atoms. The maximum Gasteiger partial charge on any atom is 0.339 e. The highest BCUT2D eigenvalue weighted by Crippen LogP contribution is 2.33. The number of rotatable bonds is 7. The highest BCUT2D eigenvalue weighted by atomic mass is 35.5. The van der Waals surface area contributed by atoms with Gasteiger partial charge < -0.3 is 13.7 Å². The van der Waals surface area contributed by atoms with E-state index in [-0.39, 0.29) is 16.2 Å². The summed E-state index contributed by atoms with van der Waals surface area (Å²) in [4.78, 5) is 0.0216. The summed E-state index contributed by atoms with van der Waals surface area (Å²) in [6, 6.07) is 18.0. The minimum absolute atomic E-state index is 0.0216. The minimum atomic E-state index is -4.08. The molecule has 0 bridgehead atoms. The van der Waals surface area contributed by atoms with E-state index in [2.05, 4.69) is 6.07 Å². The molecule has 0 spiro atoms. The van der Waals surface area contributed by atoms with E-state index in [1.165, 1.54) is 50.6 Å². The number of nitrogens with zero attached hydrogens (tertiary/aromatic N) is 1. The molecule has 0 N–H and O–H groups in total. The van der Waals surface area contributed by atoms with Crippen LogP contribution in [0.4, 0.5) is 0 Å². The van der Waals surface area contributed by atoms with Gasteiger partial charge in [-0.25, -0.2) is 0 Å². The first-order chi connectivity index (χ1) is 15.3. The molecule has 0 aliphatic heterocycles. The maximum absolute atomic E-state index is 12.8. The van der Waals surface area contributed by atoms with Gasteiger partial charge >= 0.3 is 10.1 Å². The van der Waals surface area contributed by atoms with E-state index in [1.54, 1.807) is 30.3 Å². The Bertz CT molecular complexity index is 1310. The summed E-state index contributed by atoms with van der Waals surface area (Å²) in [7, 11) is -1.07. The van der Waals surface area contributed by atoms with E-state index < -0.39 is 10.1 Å². The fourth-order valence-corrected chi connectivity index (χ4v) is 4.05. The first kappa shape index (κ1) is 23.2. The number of halogens is 1. The second-order valence-corrected chi connectivity index (χ2v) is 8.75. The number of hydrogen-bond donors (Lipinski definition) is 0. The van der Waals surface area contributed by atoms with Crippen LogP contribution in [0.25, 0.3) is 11.6 Å². The summed E-state index contributed by atoms with van der Waals surface area (Å²) < 4.78 is 41.4. The van der Waals surface area contributed by atoms with Gasteiger partial charge in [0, 0.05) is 10.6 Å². The van der Waals surface area contributed by atoms with E-state index in [1.807, 2.05) is 6.92 Å². The number of aryl methyl sites for hydroxylation is 1. The average Bonchev–Trinajstić information content (AvgIpc) is 2.78. The smallest absolute Gasteiger partial charge is 0.339 e. The van der Waals surface area contributed by atoms with Crippen molar-refractivity contribution in [1.82, 2.24) is 0 Å². The normalized spacial score (nSPS) is 11.5. The molecule has 3 aromatic rings. The molecular formula is C24H20ClNO5S. The molecule has 0 unspecified atom stereocenters. The summed E-state index contributed by atoms with van der Waals surface area (Å²) >= 11 is 6.13. The van der Waals surface area contributed by atoms with Gasteiger partial charge in [-0.05, 0) is 67.1 Å². The van der Waals surface area contributed by atoms with Crippen LogP contribution in [0.2, 0.25) is 5.02 Å². The monoisotopic (exact) mass is 469 g/mol. The maximum atomic E-state index is 12.8. The molecule has 0 aromatic heterocycles. The van der Waals surface area contributed by atoms with Crippen molar-refractivity contribution in [2.45, 2.75) is 11.8 Å². The SMILES string of the molecule is COc1ccc(/C(C#N)=C/c2cc(Cl)ccc2OS(=O)(=O)c2ccc(C)cc2)cc1OC. The molecule has 0 saturated carbocycles. The lowest BCUT2D eigenvalue weighted by Crippen LogP contribution is -2.10. The molecule has 0 heterocycles. The Hall–Kier alpha value is -3.47. The van der Waals surface area contributed by atoms with Crippen LogP contribution in [0, 0.1) is 18.3 Å². The first-order valence-electron chi connectivity index (χ1n) is 9.42. The molecule has 8 heteroatoms. The number of methoxy groups -OCH3 is 2. The zero-order valence-electron chi connectivity index (χ0n) is 17.6. The van der Waals surface area contributed by atoms with Gasteiger partial charge in [-0.15, -0.1) is 0 Å². The molecule has 0 amide bonds.